The van der Waals surface area contributed by atoms with Crippen LogP contribution >= 0.6 is 11.8 Å². The molecule has 0 fully saturated rings. The Hall–Kier alpha value is -0.520. The number of hydrogen-bond acceptors (Lipinski definition) is 4. The third-order valence-electron chi connectivity index (χ3n) is 1.58. The molecule has 1 aromatic rings. The molecule has 0 aliphatic heterocycles. The standard InChI is InChI=1S/C8H15N3OS/c1-11-4-3-10-8(11)13-6-7(9)5-12-2/h3-4,7H,5-6,9H2,1-2H3. The number of rotatable bonds is 5. The summed E-state index contributed by atoms with van der Waals surface area (Å²) in [7, 11) is 3.63. The molecule has 1 atom stereocenters. The monoisotopic (exact) mass is 201 g/mol. The smallest absolute Gasteiger partial charge is 0.167 e. The summed E-state index contributed by atoms with van der Waals surface area (Å²) in [6.45, 7) is 0.595. The van der Waals surface area contributed by atoms with E-state index >= 15 is 0 Å². The molecule has 0 aliphatic carbocycles. The second kappa shape index (κ2) is 5.26. The Labute approximate surface area is 82.5 Å². The summed E-state index contributed by atoms with van der Waals surface area (Å²) in [5.41, 5.74) is 5.77. The van der Waals surface area contributed by atoms with Gasteiger partial charge in [0.25, 0.3) is 0 Å². The average molecular weight is 201 g/mol. The normalized spacial score (nSPS) is 13.2. The lowest BCUT2D eigenvalue weighted by molar-refractivity contribution is 0.186. The third kappa shape index (κ3) is 3.38. The van der Waals surface area contributed by atoms with Crippen LogP contribution in [-0.2, 0) is 11.8 Å². The SMILES string of the molecule is COCC(N)CSc1nccn1C. The first-order valence-electron chi connectivity index (χ1n) is 4.08. The highest BCUT2D eigenvalue weighted by Crippen LogP contribution is 2.14. The predicted octanol–water partition coefficient (Wildman–Crippen LogP) is 0.486. The van der Waals surface area contributed by atoms with Crippen molar-refractivity contribution in [3.05, 3.63) is 12.4 Å². The van der Waals surface area contributed by atoms with Crippen molar-refractivity contribution in [1.82, 2.24) is 9.55 Å². The zero-order chi connectivity index (χ0) is 9.68. The van der Waals surface area contributed by atoms with Crippen LogP contribution in [0.5, 0.6) is 0 Å². The van der Waals surface area contributed by atoms with E-state index in [1.165, 1.54) is 0 Å². The van der Waals surface area contributed by atoms with Crippen molar-refractivity contribution >= 4 is 11.8 Å². The second-order valence-electron chi connectivity index (χ2n) is 2.85. The molecule has 1 rings (SSSR count). The number of nitrogens with zero attached hydrogens (tertiary/aromatic N) is 2. The predicted molar refractivity (Wildman–Crippen MR) is 53.8 cm³/mol. The van der Waals surface area contributed by atoms with Gasteiger partial charge in [-0.2, -0.15) is 0 Å². The van der Waals surface area contributed by atoms with Gasteiger partial charge in [-0.25, -0.2) is 4.98 Å². The highest BCUT2D eigenvalue weighted by Gasteiger charge is 2.05. The van der Waals surface area contributed by atoms with E-state index in [0.29, 0.717) is 6.61 Å². The molecule has 1 heterocycles. The Morgan fingerprint density at radius 1 is 1.77 bits per heavy atom. The van der Waals surface area contributed by atoms with E-state index in [0.717, 1.165) is 10.9 Å². The van der Waals surface area contributed by atoms with Crippen molar-refractivity contribution in [2.45, 2.75) is 11.2 Å². The summed E-state index contributed by atoms with van der Waals surface area (Å²) in [5.74, 6) is 0.832. The number of imidazole rings is 1. The molecule has 13 heavy (non-hydrogen) atoms. The number of nitrogens with two attached hydrogens (primary N) is 1. The van der Waals surface area contributed by atoms with Gasteiger partial charge in [0, 0.05) is 38.3 Å². The fourth-order valence-corrected chi connectivity index (χ4v) is 1.79. The number of aryl methyl sites for hydroxylation is 1. The van der Waals surface area contributed by atoms with Crippen molar-refractivity contribution in [3.63, 3.8) is 0 Å². The van der Waals surface area contributed by atoms with Gasteiger partial charge < -0.3 is 15.0 Å². The summed E-state index contributed by atoms with van der Waals surface area (Å²) < 4.78 is 6.91. The van der Waals surface area contributed by atoms with E-state index in [-0.39, 0.29) is 6.04 Å². The van der Waals surface area contributed by atoms with Crippen molar-refractivity contribution in [2.75, 3.05) is 19.5 Å². The molecule has 5 heteroatoms. The average Bonchev–Trinajstić information content (AvgIpc) is 2.48. The highest BCUT2D eigenvalue weighted by atomic mass is 32.2. The van der Waals surface area contributed by atoms with Crippen LogP contribution in [-0.4, -0.2) is 35.1 Å². The maximum Gasteiger partial charge on any atom is 0.167 e. The minimum absolute atomic E-state index is 0.0756. The zero-order valence-electron chi connectivity index (χ0n) is 7.93. The van der Waals surface area contributed by atoms with Crippen LogP contribution in [0, 0.1) is 0 Å². The molecule has 0 aromatic carbocycles. The minimum atomic E-state index is 0.0756. The van der Waals surface area contributed by atoms with E-state index < -0.39 is 0 Å². The zero-order valence-corrected chi connectivity index (χ0v) is 8.75. The van der Waals surface area contributed by atoms with Crippen LogP contribution in [0.2, 0.25) is 0 Å². The van der Waals surface area contributed by atoms with Gasteiger partial charge in [-0.15, -0.1) is 0 Å². The van der Waals surface area contributed by atoms with Gasteiger partial charge in [-0.05, 0) is 0 Å². The van der Waals surface area contributed by atoms with Gasteiger partial charge in [-0.1, -0.05) is 11.8 Å². The van der Waals surface area contributed by atoms with Crippen LogP contribution < -0.4 is 5.73 Å². The van der Waals surface area contributed by atoms with Crippen LogP contribution in [0.4, 0.5) is 0 Å². The largest absolute Gasteiger partial charge is 0.383 e. The summed E-state index contributed by atoms with van der Waals surface area (Å²) in [6, 6.07) is 0.0756. The first-order chi connectivity index (χ1) is 6.24. The number of methoxy groups -OCH3 is 1. The molecule has 74 valence electrons. The first kappa shape index (κ1) is 10.6. The Balaban J connectivity index is 2.30. The quantitative estimate of drug-likeness (QED) is 0.704. The molecule has 0 saturated heterocycles. The molecule has 0 saturated carbocycles. The fourth-order valence-electron chi connectivity index (χ4n) is 0.935. The van der Waals surface area contributed by atoms with E-state index in [9.17, 15) is 0 Å². The van der Waals surface area contributed by atoms with Crippen molar-refractivity contribution in [3.8, 4) is 0 Å². The minimum Gasteiger partial charge on any atom is -0.383 e. The topological polar surface area (TPSA) is 53.1 Å². The van der Waals surface area contributed by atoms with Crippen LogP contribution in [0.3, 0.4) is 0 Å². The Morgan fingerprint density at radius 3 is 3.08 bits per heavy atom. The van der Waals surface area contributed by atoms with Crippen LogP contribution in [0.25, 0.3) is 0 Å². The maximum atomic E-state index is 5.77. The third-order valence-corrected chi connectivity index (χ3v) is 2.83. The number of ether oxygens (including phenoxy) is 1. The summed E-state index contributed by atoms with van der Waals surface area (Å²) in [6.07, 6.45) is 3.70. The summed E-state index contributed by atoms with van der Waals surface area (Å²) >= 11 is 1.65. The van der Waals surface area contributed by atoms with E-state index in [2.05, 4.69) is 4.98 Å². The van der Waals surface area contributed by atoms with Gasteiger partial charge >= 0.3 is 0 Å². The van der Waals surface area contributed by atoms with E-state index in [4.69, 9.17) is 10.5 Å². The molecular weight excluding hydrogens is 186 g/mol. The van der Waals surface area contributed by atoms with Crippen molar-refractivity contribution in [1.29, 1.82) is 0 Å². The number of aromatic nitrogens is 2. The molecule has 4 nitrogen and oxygen atoms in total. The molecular formula is C8H15N3OS. The fraction of sp³-hybridized carbons (Fsp3) is 0.625. The number of thioether (sulfide) groups is 1. The van der Waals surface area contributed by atoms with Gasteiger partial charge in [0.1, 0.15) is 0 Å². The van der Waals surface area contributed by atoms with E-state index in [1.54, 1.807) is 25.1 Å². The molecule has 2 N–H and O–H groups in total. The van der Waals surface area contributed by atoms with Crippen molar-refractivity contribution in [2.24, 2.45) is 12.8 Å². The maximum absolute atomic E-state index is 5.77. The van der Waals surface area contributed by atoms with Gasteiger partial charge in [0.15, 0.2) is 5.16 Å². The molecule has 0 bridgehead atoms. The molecule has 0 radical (unpaired) electrons. The molecule has 1 unspecified atom stereocenters. The molecule has 0 spiro atoms. The number of hydrogen-bond donors (Lipinski definition) is 1. The summed E-state index contributed by atoms with van der Waals surface area (Å²) in [5, 5.41) is 0.992. The second-order valence-corrected chi connectivity index (χ2v) is 3.83. The Bertz CT molecular complexity index is 251. The Morgan fingerprint density at radius 2 is 2.54 bits per heavy atom. The lowest BCUT2D eigenvalue weighted by atomic mass is 10.4. The lowest BCUT2D eigenvalue weighted by Gasteiger charge is -2.08. The Kier molecular flexibility index (Phi) is 4.27. The van der Waals surface area contributed by atoms with Crippen LogP contribution in [0.15, 0.2) is 17.6 Å². The van der Waals surface area contributed by atoms with Crippen molar-refractivity contribution < 1.29 is 4.74 Å². The van der Waals surface area contributed by atoms with E-state index in [1.807, 2.05) is 17.8 Å². The lowest BCUT2D eigenvalue weighted by Crippen LogP contribution is -2.28. The van der Waals surface area contributed by atoms with Gasteiger partial charge in [0.05, 0.1) is 6.61 Å². The summed E-state index contributed by atoms with van der Waals surface area (Å²) in [4.78, 5) is 4.18. The molecule has 0 aliphatic rings. The van der Waals surface area contributed by atoms with Gasteiger partial charge in [0.2, 0.25) is 0 Å². The molecule has 1 aromatic heterocycles. The highest BCUT2D eigenvalue weighted by molar-refractivity contribution is 7.99. The first-order valence-corrected chi connectivity index (χ1v) is 5.07. The van der Waals surface area contributed by atoms with Crippen LogP contribution in [0.1, 0.15) is 0 Å². The van der Waals surface area contributed by atoms with Gasteiger partial charge in [-0.3, -0.25) is 0 Å². The molecule has 0 amide bonds.